The molecule has 0 heterocycles. The molecule has 0 aliphatic heterocycles. The van der Waals surface area contributed by atoms with E-state index in [-0.39, 0.29) is 18.2 Å². The van der Waals surface area contributed by atoms with Gasteiger partial charge < -0.3 is 14.6 Å². The molecular weight excluding hydrogens is 283 g/mol. The third-order valence-electron chi connectivity index (χ3n) is 2.82. The Morgan fingerprint density at radius 3 is 2.70 bits per heavy atom. The summed E-state index contributed by atoms with van der Waals surface area (Å²) in [5, 5.41) is 9.37. The van der Waals surface area contributed by atoms with E-state index in [4.69, 9.17) is 21.1 Å². The maximum atomic E-state index is 13.3. The van der Waals surface area contributed by atoms with Crippen molar-refractivity contribution in [3.05, 3.63) is 58.4 Å². The molecule has 2 rings (SSSR count). The largest absolute Gasteiger partial charge is 0.493 e. The number of benzene rings is 2. The topological polar surface area (TPSA) is 38.7 Å². The van der Waals surface area contributed by atoms with Gasteiger partial charge in [-0.25, -0.2) is 4.39 Å². The van der Waals surface area contributed by atoms with E-state index < -0.39 is 5.82 Å². The molecule has 0 saturated carbocycles. The maximum absolute atomic E-state index is 13.3. The lowest BCUT2D eigenvalue weighted by Gasteiger charge is -2.14. The highest BCUT2D eigenvalue weighted by Gasteiger charge is 2.10. The first kappa shape index (κ1) is 14.6. The van der Waals surface area contributed by atoms with Crippen LogP contribution in [-0.2, 0) is 13.2 Å². The number of para-hydroxylation sites is 1. The number of methoxy groups -OCH3 is 1. The summed E-state index contributed by atoms with van der Waals surface area (Å²) < 4.78 is 24.2. The minimum Gasteiger partial charge on any atom is -0.493 e. The van der Waals surface area contributed by atoms with Crippen LogP contribution in [0, 0.1) is 5.82 Å². The van der Waals surface area contributed by atoms with E-state index >= 15 is 0 Å². The highest BCUT2D eigenvalue weighted by Crippen LogP contribution is 2.32. The van der Waals surface area contributed by atoms with E-state index in [2.05, 4.69) is 0 Å². The second-order valence-electron chi connectivity index (χ2n) is 4.14. The summed E-state index contributed by atoms with van der Waals surface area (Å²) in [7, 11) is 1.52. The molecule has 0 spiro atoms. The van der Waals surface area contributed by atoms with Crippen molar-refractivity contribution < 1.29 is 19.0 Å². The smallest absolute Gasteiger partial charge is 0.167 e. The van der Waals surface area contributed by atoms with Gasteiger partial charge in [-0.15, -0.1) is 0 Å². The Kier molecular flexibility index (Phi) is 4.82. The van der Waals surface area contributed by atoms with Gasteiger partial charge in [0.25, 0.3) is 0 Å². The van der Waals surface area contributed by atoms with Gasteiger partial charge in [0.2, 0.25) is 0 Å². The molecule has 0 bridgehead atoms. The molecule has 20 heavy (non-hydrogen) atoms. The van der Waals surface area contributed by atoms with Crippen LogP contribution in [0.4, 0.5) is 4.39 Å². The Morgan fingerprint density at radius 1 is 1.25 bits per heavy atom. The number of aliphatic hydroxyl groups excluding tert-OH is 1. The van der Waals surface area contributed by atoms with Crippen LogP contribution in [0.3, 0.4) is 0 Å². The molecular formula is C15H14ClFO3. The van der Waals surface area contributed by atoms with E-state index in [1.54, 1.807) is 24.3 Å². The summed E-state index contributed by atoms with van der Waals surface area (Å²) in [4.78, 5) is 0. The molecule has 0 saturated heterocycles. The van der Waals surface area contributed by atoms with Gasteiger partial charge in [-0.2, -0.15) is 0 Å². The Labute approximate surface area is 121 Å². The molecule has 1 N–H and O–H groups in total. The van der Waals surface area contributed by atoms with Crippen molar-refractivity contribution in [2.75, 3.05) is 7.11 Å². The van der Waals surface area contributed by atoms with Crippen molar-refractivity contribution in [2.45, 2.75) is 13.2 Å². The average Bonchev–Trinajstić information content (AvgIpc) is 2.48. The van der Waals surface area contributed by atoms with Gasteiger partial charge in [0, 0.05) is 5.56 Å². The fraction of sp³-hybridized carbons (Fsp3) is 0.200. The molecule has 0 atom stereocenters. The lowest BCUT2D eigenvalue weighted by Crippen LogP contribution is -2.01. The number of aliphatic hydroxyl groups is 1. The van der Waals surface area contributed by atoms with Crippen LogP contribution in [0.25, 0.3) is 0 Å². The van der Waals surface area contributed by atoms with Gasteiger partial charge in [0.05, 0.1) is 18.7 Å². The van der Waals surface area contributed by atoms with Crippen molar-refractivity contribution >= 4 is 11.6 Å². The number of hydrogen-bond donors (Lipinski definition) is 1. The van der Waals surface area contributed by atoms with Crippen molar-refractivity contribution in [3.8, 4) is 11.5 Å². The van der Waals surface area contributed by atoms with Crippen LogP contribution < -0.4 is 9.47 Å². The number of rotatable bonds is 5. The molecule has 0 aliphatic carbocycles. The van der Waals surface area contributed by atoms with E-state index in [0.717, 1.165) is 0 Å². The predicted molar refractivity (Wildman–Crippen MR) is 74.7 cm³/mol. The van der Waals surface area contributed by atoms with Gasteiger partial charge >= 0.3 is 0 Å². The van der Waals surface area contributed by atoms with E-state index in [0.29, 0.717) is 22.6 Å². The Balaban J connectivity index is 2.19. The van der Waals surface area contributed by atoms with Gasteiger partial charge in [-0.05, 0) is 23.8 Å². The van der Waals surface area contributed by atoms with Crippen molar-refractivity contribution in [1.29, 1.82) is 0 Å². The van der Waals surface area contributed by atoms with Crippen LogP contribution in [0.15, 0.2) is 36.4 Å². The van der Waals surface area contributed by atoms with Gasteiger partial charge in [-0.3, -0.25) is 0 Å². The summed E-state index contributed by atoms with van der Waals surface area (Å²) in [5.74, 6) is 0.481. The molecule has 0 radical (unpaired) electrons. The quantitative estimate of drug-likeness (QED) is 0.917. The normalized spacial score (nSPS) is 10.4. The minimum atomic E-state index is -0.491. The first-order chi connectivity index (χ1) is 9.65. The monoisotopic (exact) mass is 296 g/mol. The summed E-state index contributed by atoms with van der Waals surface area (Å²) in [6.07, 6.45) is 0. The fourth-order valence-electron chi connectivity index (χ4n) is 1.80. The molecule has 0 aliphatic rings. The third kappa shape index (κ3) is 3.21. The summed E-state index contributed by atoms with van der Waals surface area (Å²) in [5.41, 5.74) is 1.25. The van der Waals surface area contributed by atoms with Crippen LogP contribution in [0.1, 0.15) is 11.1 Å². The van der Waals surface area contributed by atoms with Gasteiger partial charge in [-0.1, -0.05) is 29.8 Å². The SMILES string of the molecule is COc1cccc(CO)c1OCc1ccc(Cl)c(F)c1. The van der Waals surface area contributed by atoms with Crippen LogP contribution in [0.5, 0.6) is 11.5 Å². The highest BCUT2D eigenvalue weighted by atomic mass is 35.5. The van der Waals surface area contributed by atoms with Crippen LogP contribution in [-0.4, -0.2) is 12.2 Å². The molecule has 0 aromatic heterocycles. The molecule has 2 aromatic carbocycles. The molecule has 106 valence electrons. The van der Waals surface area contributed by atoms with E-state index in [9.17, 15) is 9.50 Å². The number of halogens is 2. The first-order valence-electron chi connectivity index (χ1n) is 5.99. The molecule has 0 unspecified atom stereocenters. The fourth-order valence-corrected chi connectivity index (χ4v) is 1.91. The first-order valence-corrected chi connectivity index (χ1v) is 6.37. The Morgan fingerprint density at radius 2 is 2.05 bits per heavy atom. The summed E-state index contributed by atoms with van der Waals surface area (Å²) >= 11 is 5.62. The van der Waals surface area contributed by atoms with Crippen molar-refractivity contribution in [3.63, 3.8) is 0 Å². The molecule has 3 nitrogen and oxygen atoms in total. The molecule has 5 heteroatoms. The van der Waals surface area contributed by atoms with E-state index in [1.165, 1.54) is 19.2 Å². The standard InChI is InChI=1S/C15H14ClFO3/c1-19-14-4-2-3-11(8-18)15(14)20-9-10-5-6-12(16)13(17)7-10/h2-7,18H,8-9H2,1H3. The average molecular weight is 297 g/mol. The minimum absolute atomic E-state index is 0.0714. The Bertz CT molecular complexity index is 579. The molecule has 0 fully saturated rings. The summed E-state index contributed by atoms with van der Waals surface area (Å²) in [6, 6.07) is 9.71. The third-order valence-corrected chi connectivity index (χ3v) is 3.12. The lowest BCUT2D eigenvalue weighted by molar-refractivity contribution is 0.249. The van der Waals surface area contributed by atoms with Crippen molar-refractivity contribution in [1.82, 2.24) is 0 Å². The molecule has 0 amide bonds. The molecule has 2 aromatic rings. The van der Waals surface area contributed by atoms with E-state index in [1.807, 2.05) is 0 Å². The van der Waals surface area contributed by atoms with Crippen LogP contribution >= 0.6 is 11.6 Å². The number of ether oxygens (including phenoxy) is 2. The maximum Gasteiger partial charge on any atom is 0.167 e. The zero-order valence-electron chi connectivity index (χ0n) is 10.9. The van der Waals surface area contributed by atoms with Gasteiger partial charge in [0.15, 0.2) is 11.5 Å². The second kappa shape index (κ2) is 6.59. The Hall–Kier alpha value is -1.78. The van der Waals surface area contributed by atoms with Crippen LogP contribution in [0.2, 0.25) is 5.02 Å². The number of hydrogen-bond acceptors (Lipinski definition) is 3. The predicted octanol–water partition coefficient (Wildman–Crippen LogP) is 3.56. The summed E-state index contributed by atoms with van der Waals surface area (Å²) in [6.45, 7) is -0.0109. The van der Waals surface area contributed by atoms with Gasteiger partial charge in [0.1, 0.15) is 12.4 Å². The van der Waals surface area contributed by atoms with Crippen molar-refractivity contribution in [2.24, 2.45) is 0 Å². The lowest BCUT2D eigenvalue weighted by atomic mass is 10.2. The highest BCUT2D eigenvalue weighted by molar-refractivity contribution is 6.30. The zero-order chi connectivity index (χ0) is 14.5. The second-order valence-corrected chi connectivity index (χ2v) is 4.55. The zero-order valence-corrected chi connectivity index (χ0v) is 11.7.